The second-order valence-electron chi connectivity index (χ2n) is 4.75. The average Bonchev–Trinajstić information content (AvgIpc) is 2.53. The molecule has 0 aliphatic carbocycles. The van der Waals surface area contributed by atoms with Crippen molar-refractivity contribution >= 4 is 40.6 Å². The maximum Gasteiger partial charge on any atom is 0.322 e. The third-order valence-corrected chi connectivity index (χ3v) is 3.88. The molecular weight excluding hydrogens is 342 g/mol. The lowest BCUT2D eigenvalue weighted by molar-refractivity contribution is -0.139. The minimum absolute atomic E-state index is 0.0607. The lowest BCUT2D eigenvalue weighted by atomic mass is 10.1. The Morgan fingerprint density at radius 2 is 1.79 bits per heavy atom. The van der Waals surface area contributed by atoms with Crippen molar-refractivity contribution in [3.8, 4) is 0 Å². The Hall–Kier alpha value is -2.14. The van der Waals surface area contributed by atoms with E-state index in [4.69, 9.17) is 15.9 Å². The van der Waals surface area contributed by atoms with Crippen LogP contribution in [0.3, 0.4) is 0 Å². The van der Waals surface area contributed by atoms with Gasteiger partial charge >= 0.3 is 11.9 Å². The summed E-state index contributed by atoms with van der Waals surface area (Å²) >= 11 is 0.838. The van der Waals surface area contributed by atoms with Crippen LogP contribution < -0.4 is 16.4 Å². The summed E-state index contributed by atoms with van der Waals surface area (Å²) in [4.78, 5) is 56.1. The summed E-state index contributed by atoms with van der Waals surface area (Å²) in [6.45, 7) is 1.02. The standard InChI is InChI=1S/C13H21N3O7S/c1-2-11(20)24-6-8(12(21)15-5-10(18)19)16-9(17)4-3-7(14)13(22)23/h7-8H,2-6,14H2,1H3,(H,15,21)(H,16,17)(H,18,19)(H,22,23). The first-order valence-corrected chi connectivity index (χ1v) is 8.08. The van der Waals surface area contributed by atoms with Gasteiger partial charge in [-0.1, -0.05) is 18.7 Å². The number of thioether (sulfide) groups is 1. The van der Waals surface area contributed by atoms with E-state index in [1.807, 2.05) is 0 Å². The van der Waals surface area contributed by atoms with Gasteiger partial charge in [-0.25, -0.2) is 0 Å². The fraction of sp³-hybridized carbons (Fsp3) is 0.615. The highest BCUT2D eigenvalue weighted by Gasteiger charge is 2.23. The monoisotopic (exact) mass is 363 g/mol. The van der Waals surface area contributed by atoms with Gasteiger partial charge in [0.05, 0.1) is 0 Å². The molecule has 6 N–H and O–H groups in total. The first-order chi connectivity index (χ1) is 11.2. The predicted octanol–water partition coefficient (Wildman–Crippen LogP) is -1.47. The van der Waals surface area contributed by atoms with Crippen molar-refractivity contribution in [1.29, 1.82) is 0 Å². The van der Waals surface area contributed by atoms with Gasteiger partial charge in [0.15, 0.2) is 5.12 Å². The molecule has 136 valence electrons. The number of carbonyl (C=O) groups is 5. The first kappa shape index (κ1) is 21.9. The van der Waals surface area contributed by atoms with Gasteiger partial charge in [0, 0.05) is 18.6 Å². The molecule has 2 atom stereocenters. The summed E-state index contributed by atoms with van der Waals surface area (Å²) in [5.41, 5.74) is 5.28. The van der Waals surface area contributed by atoms with E-state index in [0.29, 0.717) is 0 Å². The summed E-state index contributed by atoms with van der Waals surface area (Å²) in [5.74, 6) is -3.92. The summed E-state index contributed by atoms with van der Waals surface area (Å²) in [5, 5.41) is 21.5. The molecule has 0 heterocycles. The maximum atomic E-state index is 11.9. The Labute approximate surface area is 142 Å². The number of hydrogen-bond donors (Lipinski definition) is 5. The van der Waals surface area contributed by atoms with Crippen LogP contribution >= 0.6 is 11.8 Å². The molecule has 0 aromatic carbocycles. The summed E-state index contributed by atoms with van der Waals surface area (Å²) in [6, 6.07) is -2.32. The molecule has 11 heteroatoms. The molecule has 2 unspecified atom stereocenters. The Balaban J connectivity index is 4.63. The molecule has 0 radical (unpaired) electrons. The molecule has 0 aliphatic heterocycles. The fourth-order valence-electron chi connectivity index (χ4n) is 1.42. The van der Waals surface area contributed by atoms with E-state index in [2.05, 4.69) is 10.6 Å². The lowest BCUT2D eigenvalue weighted by Crippen LogP contribution is -2.49. The average molecular weight is 363 g/mol. The molecule has 10 nitrogen and oxygen atoms in total. The van der Waals surface area contributed by atoms with Gasteiger partial charge in [0.1, 0.15) is 18.6 Å². The number of carbonyl (C=O) groups excluding carboxylic acids is 3. The third kappa shape index (κ3) is 9.79. The number of carboxylic acid groups (broad SMARTS) is 2. The minimum atomic E-state index is -1.25. The van der Waals surface area contributed by atoms with Gasteiger partial charge in [-0.15, -0.1) is 0 Å². The van der Waals surface area contributed by atoms with E-state index in [-0.39, 0.29) is 30.1 Å². The zero-order valence-electron chi connectivity index (χ0n) is 13.1. The molecule has 0 bridgehead atoms. The Morgan fingerprint density at radius 3 is 2.29 bits per heavy atom. The quantitative estimate of drug-likeness (QED) is 0.293. The van der Waals surface area contributed by atoms with E-state index in [0.717, 1.165) is 11.8 Å². The number of aliphatic carboxylic acids is 2. The topological polar surface area (TPSA) is 176 Å². The SMILES string of the molecule is CCC(=O)SCC(NC(=O)CCC(N)C(=O)O)C(=O)NCC(=O)O. The van der Waals surface area contributed by atoms with Gasteiger partial charge in [0.2, 0.25) is 11.8 Å². The van der Waals surface area contributed by atoms with Crippen molar-refractivity contribution < 1.29 is 34.2 Å². The molecule has 0 rings (SSSR count). The van der Waals surface area contributed by atoms with Crippen LogP contribution in [0, 0.1) is 0 Å². The molecule has 0 aliphatic rings. The smallest absolute Gasteiger partial charge is 0.322 e. The van der Waals surface area contributed by atoms with E-state index >= 15 is 0 Å². The van der Waals surface area contributed by atoms with Crippen LogP contribution in [0.1, 0.15) is 26.2 Å². The van der Waals surface area contributed by atoms with Crippen LogP contribution in [-0.4, -0.2) is 63.5 Å². The summed E-state index contributed by atoms with van der Waals surface area (Å²) in [6.07, 6.45) is -0.0935. The van der Waals surface area contributed by atoms with Crippen molar-refractivity contribution in [2.24, 2.45) is 5.73 Å². The Kier molecular flexibility index (Phi) is 10.4. The molecular formula is C13H21N3O7S. The molecule has 24 heavy (non-hydrogen) atoms. The van der Waals surface area contributed by atoms with Crippen molar-refractivity contribution in [1.82, 2.24) is 10.6 Å². The Bertz CT molecular complexity index is 498. The van der Waals surface area contributed by atoms with Gasteiger partial charge in [0.25, 0.3) is 0 Å². The summed E-state index contributed by atoms with van der Waals surface area (Å²) < 4.78 is 0. The highest BCUT2D eigenvalue weighted by Crippen LogP contribution is 2.08. The molecule has 0 aromatic heterocycles. The van der Waals surface area contributed by atoms with E-state index in [1.54, 1.807) is 6.92 Å². The van der Waals surface area contributed by atoms with E-state index in [1.165, 1.54) is 0 Å². The van der Waals surface area contributed by atoms with Crippen molar-refractivity contribution in [3.05, 3.63) is 0 Å². The van der Waals surface area contributed by atoms with Gasteiger partial charge < -0.3 is 26.6 Å². The van der Waals surface area contributed by atoms with Crippen LogP contribution in [0.15, 0.2) is 0 Å². The van der Waals surface area contributed by atoms with Crippen LogP contribution in [0.2, 0.25) is 0 Å². The third-order valence-electron chi connectivity index (χ3n) is 2.76. The number of amides is 2. The van der Waals surface area contributed by atoms with Crippen LogP contribution in [0.4, 0.5) is 0 Å². The second-order valence-corrected chi connectivity index (χ2v) is 5.83. The van der Waals surface area contributed by atoms with Crippen molar-refractivity contribution in [3.63, 3.8) is 0 Å². The second kappa shape index (κ2) is 11.4. The van der Waals surface area contributed by atoms with Crippen LogP contribution in [-0.2, 0) is 24.0 Å². The number of rotatable bonds is 11. The first-order valence-electron chi connectivity index (χ1n) is 7.10. The number of nitrogens with two attached hydrogens (primary N) is 1. The largest absolute Gasteiger partial charge is 0.480 e. The minimum Gasteiger partial charge on any atom is -0.480 e. The maximum absolute atomic E-state index is 11.9. The number of carboxylic acids is 2. The molecule has 2 amide bonds. The molecule has 0 saturated heterocycles. The van der Waals surface area contributed by atoms with Crippen molar-refractivity contribution in [2.45, 2.75) is 38.3 Å². The van der Waals surface area contributed by atoms with E-state index < -0.39 is 42.4 Å². The molecule has 0 spiro atoms. The Morgan fingerprint density at radius 1 is 1.17 bits per heavy atom. The molecule has 0 saturated carbocycles. The lowest BCUT2D eigenvalue weighted by Gasteiger charge is -2.17. The molecule has 0 aromatic rings. The van der Waals surface area contributed by atoms with Crippen molar-refractivity contribution in [2.75, 3.05) is 12.3 Å². The zero-order chi connectivity index (χ0) is 18.7. The molecule has 0 fully saturated rings. The zero-order valence-corrected chi connectivity index (χ0v) is 13.9. The highest BCUT2D eigenvalue weighted by molar-refractivity contribution is 8.13. The van der Waals surface area contributed by atoms with Gasteiger partial charge in [-0.2, -0.15) is 0 Å². The van der Waals surface area contributed by atoms with E-state index in [9.17, 15) is 24.0 Å². The highest BCUT2D eigenvalue weighted by atomic mass is 32.2. The number of hydrogen-bond acceptors (Lipinski definition) is 7. The van der Waals surface area contributed by atoms with Gasteiger partial charge in [-0.05, 0) is 6.42 Å². The normalized spacial score (nSPS) is 12.8. The van der Waals surface area contributed by atoms with Crippen LogP contribution in [0.25, 0.3) is 0 Å². The van der Waals surface area contributed by atoms with Gasteiger partial charge in [-0.3, -0.25) is 24.0 Å². The van der Waals surface area contributed by atoms with Crippen LogP contribution in [0.5, 0.6) is 0 Å². The fourth-order valence-corrected chi connectivity index (χ4v) is 2.22. The summed E-state index contributed by atoms with van der Waals surface area (Å²) in [7, 11) is 0. The predicted molar refractivity (Wildman–Crippen MR) is 85.2 cm³/mol. The number of nitrogens with one attached hydrogen (secondary N) is 2.